The van der Waals surface area contributed by atoms with Crippen LogP contribution in [0.25, 0.3) is 0 Å². The van der Waals surface area contributed by atoms with Gasteiger partial charge in [0.15, 0.2) is 6.29 Å². The third-order valence-corrected chi connectivity index (χ3v) is 3.97. The van der Waals surface area contributed by atoms with Crippen molar-refractivity contribution in [2.75, 3.05) is 13.6 Å². The van der Waals surface area contributed by atoms with Gasteiger partial charge in [-0.15, -0.1) is 0 Å². The summed E-state index contributed by atoms with van der Waals surface area (Å²) in [6, 6.07) is 4.02. The van der Waals surface area contributed by atoms with Gasteiger partial charge in [-0.1, -0.05) is 0 Å². The summed E-state index contributed by atoms with van der Waals surface area (Å²) < 4.78 is 1.63. The summed E-state index contributed by atoms with van der Waals surface area (Å²) in [4.78, 5) is 36.9. The molecule has 2 amide bonds. The topological polar surface area (TPSA) is 105 Å². The predicted octanol–water partition coefficient (Wildman–Crippen LogP) is 0.417. The molecule has 2 N–H and O–H groups in total. The molecule has 1 aromatic heterocycles. The molecule has 0 atom stereocenters. The van der Waals surface area contributed by atoms with Gasteiger partial charge in [-0.05, 0) is 18.2 Å². The Kier molecular flexibility index (Phi) is 4.03. The van der Waals surface area contributed by atoms with Crippen LogP contribution in [-0.4, -0.2) is 51.5 Å². The highest BCUT2D eigenvalue weighted by molar-refractivity contribution is 5.97. The van der Waals surface area contributed by atoms with Crippen molar-refractivity contribution in [3.8, 4) is 5.75 Å². The lowest BCUT2D eigenvalue weighted by Gasteiger charge is -2.24. The number of aromatic nitrogens is 2. The molecule has 3 rings (SSSR count). The fraction of sp³-hybridized carbons (Fsp3) is 0.250. The van der Waals surface area contributed by atoms with Gasteiger partial charge in [0.1, 0.15) is 11.4 Å². The summed E-state index contributed by atoms with van der Waals surface area (Å²) >= 11 is 0. The lowest BCUT2D eigenvalue weighted by atomic mass is 10.1. The number of hydrogen-bond acceptors (Lipinski definition) is 5. The first kappa shape index (κ1) is 15.7. The maximum Gasteiger partial charge on any atom is 0.272 e. The number of fused-ring (bicyclic) bond motifs is 1. The second kappa shape index (κ2) is 6.15. The summed E-state index contributed by atoms with van der Waals surface area (Å²) in [5, 5.41) is 16.3. The zero-order chi connectivity index (χ0) is 17.3. The van der Waals surface area contributed by atoms with E-state index in [-0.39, 0.29) is 29.3 Å². The Hall–Kier alpha value is -3.16. The Morgan fingerprint density at radius 2 is 2.21 bits per heavy atom. The molecular formula is C16H16N4O4. The Morgan fingerprint density at radius 3 is 2.96 bits per heavy atom. The number of carbonyl (C=O) groups excluding carboxylic acids is 3. The third kappa shape index (κ3) is 2.73. The highest BCUT2D eigenvalue weighted by Gasteiger charge is 2.26. The van der Waals surface area contributed by atoms with Crippen LogP contribution in [0.5, 0.6) is 5.75 Å². The standard InChI is InChI=1S/C16H16N4O4/c1-19-4-5-20-14(16(19)24)12(8-18-20)7-17-15(23)10-2-3-13(22)11(6-10)9-21/h2-3,6,8-9,22H,4-5,7H2,1H3,(H,17,23). The number of rotatable bonds is 4. The highest BCUT2D eigenvalue weighted by atomic mass is 16.3. The SMILES string of the molecule is CN1CCn2ncc(CNC(=O)c3ccc(O)c(C=O)c3)c2C1=O. The van der Waals surface area contributed by atoms with E-state index in [1.807, 2.05) is 0 Å². The molecule has 2 heterocycles. The Balaban J connectivity index is 1.75. The van der Waals surface area contributed by atoms with E-state index in [4.69, 9.17) is 0 Å². The minimum absolute atomic E-state index is 0.0439. The largest absolute Gasteiger partial charge is 0.507 e. The van der Waals surface area contributed by atoms with E-state index >= 15 is 0 Å². The maximum absolute atomic E-state index is 12.2. The first-order valence-electron chi connectivity index (χ1n) is 7.38. The molecular weight excluding hydrogens is 312 g/mol. The number of nitrogens with zero attached hydrogens (tertiary/aromatic N) is 3. The van der Waals surface area contributed by atoms with Gasteiger partial charge in [-0.3, -0.25) is 19.1 Å². The van der Waals surface area contributed by atoms with Crippen LogP contribution in [0, 0.1) is 0 Å². The molecule has 0 saturated carbocycles. The average molecular weight is 328 g/mol. The van der Waals surface area contributed by atoms with Crippen LogP contribution in [0.15, 0.2) is 24.4 Å². The molecule has 0 bridgehead atoms. The lowest BCUT2D eigenvalue weighted by molar-refractivity contribution is 0.0740. The minimum Gasteiger partial charge on any atom is -0.507 e. The molecule has 24 heavy (non-hydrogen) atoms. The molecule has 0 fully saturated rings. The van der Waals surface area contributed by atoms with Crippen LogP contribution in [0.4, 0.5) is 0 Å². The van der Waals surface area contributed by atoms with Crippen LogP contribution in [-0.2, 0) is 13.1 Å². The fourth-order valence-corrected chi connectivity index (χ4v) is 2.57. The zero-order valence-corrected chi connectivity index (χ0v) is 13.0. The van der Waals surface area contributed by atoms with Gasteiger partial charge in [-0.2, -0.15) is 5.10 Å². The minimum atomic E-state index is -0.408. The second-order valence-electron chi connectivity index (χ2n) is 5.54. The fourth-order valence-electron chi connectivity index (χ4n) is 2.57. The van der Waals surface area contributed by atoms with Crippen LogP contribution in [0.2, 0.25) is 0 Å². The zero-order valence-electron chi connectivity index (χ0n) is 13.0. The second-order valence-corrected chi connectivity index (χ2v) is 5.54. The van der Waals surface area contributed by atoms with Crippen molar-refractivity contribution in [3.63, 3.8) is 0 Å². The van der Waals surface area contributed by atoms with E-state index in [1.54, 1.807) is 22.8 Å². The first-order valence-corrected chi connectivity index (χ1v) is 7.38. The monoisotopic (exact) mass is 328 g/mol. The molecule has 2 aromatic rings. The van der Waals surface area contributed by atoms with Crippen molar-refractivity contribution >= 4 is 18.1 Å². The number of amides is 2. The number of nitrogens with one attached hydrogen (secondary N) is 1. The van der Waals surface area contributed by atoms with Crippen LogP contribution < -0.4 is 5.32 Å². The molecule has 0 radical (unpaired) electrons. The third-order valence-electron chi connectivity index (χ3n) is 3.97. The number of hydrogen-bond donors (Lipinski definition) is 2. The van der Waals surface area contributed by atoms with Gasteiger partial charge >= 0.3 is 0 Å². The van der Waals surface area contributed by atoms with Gasteiger partial charge in [-0.25, -0.2) is 0 Å². The number of aromatic hydroxyl groups is 1. The van der Waals surface area contributed by atoms with E-state index in [0.29, 0.717) is 30.6 Å². The summed E-state index contributed by atoms with van der Waals surface area (Å²) in [7, 11) is 1.72. The van der Waals surface area contributed by atoms with E-state index in [0.717, 1.165) is 0 Å². The summed E-state index contributed by atoms with van der Waals surface area (Å²) in [6.45, 7) is 1.36. The van der Waals surface area contributed by atoms with E-state index in [9.17, 15) is 19.5 Å². The molecule has 124 valence electrons. The van der Waals surface area contributed by atoms with Gasteiger partial charge < -0.3 is 15.3 Å². The van der Waals surface area contributed by atoms with Crippen molar-refractivity contribution in [2.45, 2.75) is 13.1 Å². The maximum atomic E-state index is 12.2. The molecule has 1 aromatic carbocycles. The smallest absolute Gasteiger partial charge is 0.272 e. The number of likely N-dealkylation sites (N-methyl/N-ethyl adjacent to an activating group) is 1. The quantitative estimate of drug-likeness (QED) is 0.791. The molecule has 0 spiro atoms. The van der Waals surface area contributed by atoms with Gasteiger partial charge in [0.05, 0.1) is 18.3 Å². The van der Waals surface area contributed by atoms with Crippen LogP contribution in [0.3, 0.4) is 0 Å². The number of carbonyl (C=O) groups is 3. The van der Waals surface area contributed by atoms with Gasteiger partial charge in [0.2, 0.25) is 0 Å². The number of aldehydes is 1. The first-order chi connectivity index (χ1) is 11.5. The Morgan fingerprint density at radius 1 is 1.42 bits per heavy atom. The summed E-state index contributed by atoms with van der Waals surface area (Å²) in [5.41, 5.74) is 1.40. The average Bonchev–Trinajstić information content (AvgIpc) is 3.00. The van der Waals surface area contributed by atoms with Crippen molar-refractivity contribution in [2.24, 2.45) is 0 Å². The molecule has 8 nitrogen and oxygen atoms in total. The predicted molar refractivity (Wildman–Crippen MR) is 83.9 cm³/mol. The number of phenolic OH excluding ortho intramolecular Hbond substituents is 1. The molecule has 1 aliphatic heterocycles. The van der Waals surface area contributed by atoms with Gasteiger partial charge in [0.25, 0.3) is 11.8 Å². The summed E-state index contributed by atoms with van der Waals surface area (Å²) in [5.74, 6) is -0.716. The Labute approximate surface area is 137 Å². The van der Waals surface area contributed by atoms with Crippen molar-refractivity contribution in [1.29, 1.82) is 0 Å². The van der Waals surface area contributed by atoms with Crippen molar-refractivity contribution in [1.82, 2.24) is 20.0 Å². The van der Waals surface area contributed by atoms with E-state index in [1.165, 1.54) is 18.2 Å². The Bertz CT molecular complexity index is 827. The normalized spacial score (nSPS) is 13.5. The van der Waals surface area contributed by atoms with Crippen LogP contribution in [0.1, 0.15) is 36.8 Å². The highest BCUT2D eigenvalue weighted by Crippen LogP contribution is 2.18. The molecule has 8 heteroatoms. The molecule has 1 aliphatic rings. The van der Waals surface area contributed by atoms with Crippen LogP contribution >= 0.6 is 0 Å². The lowest BCUT2D eigenvalue weighted by Crippen LogP contribution is -2.38. The molecule has 0 saturated heterocycles. The van der Waals surface area contributed by atoms with E-state index < -0.39 is 5.91 Å². The van der Waals surface area contributed by atoms with Gasteiger partial charge in [0, 0.05) is 31.3 Å². The summed E-state index contributed by atoms with van der Waals surface area (Å²) in [6.07, 6.45) is 2.05. The number of benzene rings is 1. The van der Waals surface area contributed by atoms with E-state index in [2.05, 4.69) is 10.4 Å². The van der Waals surface area contributed by atoms with Crippen molar-refractivity contribution in [3.05, 3.63) is 46.8 Å². The molecule has 0 aliphatic carbocycles. The molecule has 0 unspecified atom stereocenters. The van der Waals surface area contributed by atoms with Crippen molar-refractivity contribution < 1.29 is 19.5 Å². The number of phenols is 1.